The van der Waals surface area contributed by atoms with Crippen LogP contribution in [0.5, 0.6) is 0 Å². The normalized spacial score (nSPS) is 19.6. The van der Waals surface area contributed by atoms with Crippen LogP contribution >= 0.6 is 0 Å². The molecule has 166 valence electrons. The number of rotatable bonds is 5. The van der Waals surface area contributed by atoms with Crippen molar-refractivity contribution in [2.75, 3.05) is 38.6 Å². The van der Waals surface area contributed by atoms with E-state index in [2.05, 4.69) is 24.0 Å². The van der Waals surface area contributed by atoms with Crippen LogP contribution in [0.25, 0.3) is 0 Å². The second-order valence-corrected chi connectivity index (χ2v) is 11.1. The highest BCUT2D eigenvalue weighted by molar-refractivity contribution is 7.89. The first-order chi connectivity index (χ1) is 14.8. The van der Waals surface area contributed by atoms with Crippen LogP contribution in [-0.4, -0.2) is 57.3 Å². The number of hydrogen-bond donors (Lipinski definition) is 0. The van der Waals surface area contributed by atoms with Gasteiger partial charge in [-0.2, -0.15) is 0 Å². The lowest BCUT2D eigenvalue weighted by Gasteiger charge is -2.30. The Morgan fingerprint density at radius 3 is 2.52 bits per heavy atom. The summed E-state index contributed by atoms with van der Waals surface area (Å²) in [5.41, 5.74) is 3.58. The van der Waals surface area contributed by atoms with Gasteiger partial charge in [-0.1, -0.05) is 19.1 Å². The molecule has 4 rings (SSSR count). The number of anilines is 1. The van der Waals surface area contributed by atoms with Crippen molar-refractivity contribution in [1.82, 2.24) is 9.21 Å². The van der Waals surface area contributed by atoms with Crippen molar-refractivity contribution < 1.29 is 13.2 Å². The Morgan fingerprint density at radius 1 is 1.10 bits per heavy atom. The van der Waals surface area contributed by atoms with E-state index in [9.17, 15) is 13.2 Å². The van der Waals surface area contributed by atoms with Gasteiger partial charge in [-0.05, 0) is 73.2 Å². The molecule has 0 N–H and O–H groups in total. The molecule has 2 aromatic carbocycles. The number of piperidine rings is 1. The predicted octanol–water partition coefficient (Wildman–Crippen LogP) is 3.37. The Bertz CT molecular complexity index is 1060. The Morgan fingerprint density at radius 2 is 1.84 bits per heavy atom. The molecule has 1 saturated heterocycles. The third kappa shape index (κ3) is 4.54. The maximum absolute atomic E-state index is 13.1. The number of nitrogens with zero attached hydrogens (tertiary/aromatic N) is 3. The zero-order chi connectivity index (χ0) is 22.2. The molecule has 0 saturated carbocycles. The third-order valence-corrected chi connectivity index (χ3v) is 8.13. The molecule has 1 amide bonds. The standard InChI is InChI=1S/C24H31N3O3S/c1-18-5-4-13-26(16-18)17-19-6-8-20(9-7-19)24(28)27-14-12-21-15-22(10-11-23(21)27)31(29,30)25(2)3/h6-11,15,18H,4-5,12-14,16-17H2,1-3H3/t18-/m1/s1. The summed E-state index contributed by atoms with van der Waals surface area (Å²) in [6.45, 7) is 6.07. The topological polar surface area (TPSA) is 60.9 Å². The lowest BCUT2D eigenvalue weighted by atomic mass is 9.99. The first-order valence-electron chi connectivity index (χ1n) is 10.9. The van der Waals surface area contributed by atoms with Crippen molar-refractivity contribution in [2.24, 2.45) is 5.92 Å². The highest BCUT2D eigenvalue weighted by Gasteiger charge is 2.28. The predicted molar refractivity (Wildman–Crippen MR) is 123 cm³/mol. The molecule has 0 unspecified atom stereocenters. The lowest BCUT2D eigenvalue weighted by Crippen LogP contribution is -2.33. The minimum absolute atomic E-state index is 0.0416. The minimum Gasteiger partial charge on any atom is -0.308 e. The highest BCUT2D eigenvalue weighted by atomic mass is 32.2. The van der Waals surface area contributed by atoms with Crippen molar-refractivity contribution in [3.8, 4) is 0 Å². The van der Waals surface area contributed by atoms with Crippen molar-refractivity contribution in [3.63, 3.8) is 0 Å². The number of sulfonamides is 1. The molecule has 6 nitrogen and oxygen atoms in total. The molecule has 0 aromatic heterocycles. The fraction of sp³-hybridized carbons (Fsp3) is 0.458. The molecule has 7 heteroatoms. The van der Waals surface area contributed by atoms with Gasteiger partial charge in [-0.15, -0.1) is 0 Å². The summed E-state index contributed by atoms with van der Waals surface area (Å²) in [6.07, 6.45) is 3.22. The Balaban J connectivity index is 1.47. The number of carbonyl (C=O) groups is 1. The Kier molecular flexibility index (Phi) is 6.19. The molecule has 0 spiro atoms. The van der Waals surface area contributed by atoms with E-state index >= 15 is 0 Å². The van der Waals surface area contributed by atoms with Crippen LogP contribution in [-0.2, 0) is 23.0 Å². The second kappa shape index (κ2) is 8.73. The monoisotopic (exact) mass is 441 g/mol. The van der Waals surface area contributed by atoms with Crippen LogP contribution < -0.4 is 4.90 Å². The molecule has 0 bridgehead atoms. The SMILES string of the molecule is C[C@@H]1CCCN(Cc2ccc(C(=O)N3CCc4cc(S(=O)(=O)N(C)C)ccc43)cc2)C1. The number of benzene rings is 2. The maximum atomic E-state index is 13.1. The number of fused-ring (bicyclic) bond motifs is 1. The van der Waals surface area contributed by atoms with Crippen LogP contribution in [0.4, 0.5) is 5.69 Å². The van der Waals surface area contributed by atoms with Gasteiger partial charge in [0.25, 0.3) is 5.91 Å². The number of amides is 1. The van der Waals surface area contributed by atoms with E-state index in [-0.39, 0.29) is 10.8 Å². The average Bonchev–Trinajstić information content (AvgIpc) is 3.17. The summed E-state index contributed by atoms with van der Waals surface area (Å²) in [6, 6.07) is 13.0. The summed E-state index contributed by atoms with van der Waals surface area (Å²) in [5.74, 6) is 0.707. The fourth-order valence-corrected chi connectivity index (χ4v) is 5.51. The molecule has 1 atom stereocenters. The second-order valence-electron chi connectivity index (χ2n) is 8.96. The fourth-order valence-electron chi connectivity index (χ4n) is 4.56. The van der Waals surface area contributed by atoms with E-state index in [1.165, 1.54) is 36.8 Å². The molecule has 2 aliphatic rings. The summed E-state index contributed by atoms with van der Waals surface area (Å²) in [7, 11) is -0.440. The average molecular weight is 442 g/mol. The van der Waals surface area contributed by atoms with Crippen LogP contribution in [0.3, 0.4) is 0 Å². The number of hydrogen-bond acceptors (Lipinski definition) is 4. The molecular weight excluding hydrogens is 410 g/mol. The zero-order valence-corrected chi connectivity index (χ0v) is 19.4. The van der Waals surface area contributed by atoms with Gasteiger partial charge < -0.3 is 4.90 Å². The summed E-state index contributed by atoms with van der Waals surface area (Å²) in [4.78, 5) is 17.6. The van der Waals surface area contributed by atoms with Gasteiger partial charge in [0, 0.05) is 45.0 Å². The highest BCUT2D eigenvalue weighted by Crippen LogP contribution is 2.32. The smallest absolute Gasteiger partial charge is 0.258 e. The Hall–Kier alpha value is -2.22. The van der Waals surface area contributed by atoms with Crippen LogP contribution in [0.15, 0.2) is 47.4 Å². The van der Waals surface area contributed by atoms with Crippen LogP contribution in [0.2, 0.25) is 0 Å². The minimum atomic E-state index is -3.48. The summed E-state index contributed by atoms with van der Waals surface area (Å²) in [5, 5.41) is 0. The molecular formula is C24H31N3O3S. The molecule has 2 heterocycles. The van der Waals surface area contributed by atoms with Gasteiger partial charge in [0.15, 0.2) is 0 Å². The zero-order valence-electron chi connectivity index (χ0n) is 18.5. The van der Waals surface area contributed by atoms with E-state index in [1.54, 1.807) is 23.1 Å². The molecule has 2 aromatic rings. The molecule has 0 aliphatic carbocycles. The molecule has 2 aliphatic heterocycles. The third-order valence-electron chi connectivity index (χ3n) is 6.32. The maximum Gasteiger partial charge on any atom is 0.258 e. The van der Waals surface area contributed by atoms with Crippen molar-refractivity contribution in [3.05, 3.63) is 59.2 Å². The number of carbonyl (C=O) groups excluding carboxylic acids is 1. The van der Waals surface area contributed by atoms with E-state index in [0.717, 1.165) is 36.8 Å². The van der Waals surface area contributed by atoms with Gasteiger partial charge in [0.05, 0.1) is 4.90 Å². The van der Waals surface area contributed by atoms with Gasteiger partial charge in [0.2, 0.25) is 10.0 Å². The van der Waals surface area contributed by atoms with Gasteiger partial charge in [-0.3, -0.25) is 9.69 Å². The van der Waals surface area contributed by atoms with Gasteiger partial charge in [-0.25, -0.2) is 12.7 Å². The first kappa shape index (κ1) is 22.0. The van der Waals surface area contributed by atoms with E-state index < -0.39 is 10.0 Å². The van der Waals surface area contributed by atoms with Crippen molar-refractivity contribution in [2.45, 2.75) is 37.6 Å². The van der Waals surface area contributed by atoms with Gasteiger partial charge >= 0.3 is 0 Å². The van der Waals surface area contributed by atoms with Crippen molar-refractivity contribution >= 4 is 21.6 Å². The molecule has 31 heavy (non-hydrogen) atoms. The summed E-state index contributed by atoms with van der Waals surface area (Å²) < 4.78 is 26.0. The first-order valence-corrected chi connectivity index (χ1v) is 12.4. The van der Waals surface area contributed by atoms with Crippen LogP contribution in [0, 0.1) is 5.92 Å². The molecule has 0 radical (unpaired) electrons. The summed E-state index contributed by atoms with van der Waals surface area (Å²) >= 11 is 0. The van der Waals surface area contributed by atoms with Gasteiger partial charge in [0.1, 0.15) is 0 Å². The number of likely N-dealkylation sites (tertiary alicyclic amines) is 1. The molecule has 1 fully saturated rings. The van der Waals surface area contributed by atoms with Crippen LogP contribution in [0.1, 0.15) is 41.3 Å². The van der Waals surface area contributed by atoms with E-state index in [0.29, 0.717) is 18.5 Å². The van der Waals surface area contributed by atoms with E-state index in [4.69, 9.17) is 0 Å². The van der Waals surface area contributed by atoms with E-state index in [1.807, 2.05) is 12.1 Å². The quantitative estimate of drug-likeness (QED) is 0.714. The lowest BCUT2D eigenvalue weighted by molar-refractivity contribution is 0.0989. The Labute approximate surface area is 185 Å². The van der Waals surface area contributed by atoms with Crippen molar-refractivity contribution in [1.29, 1.82) is 0 Å². The largest absolute Gasteiger partial charge is 0.308 e.